The fourth-order valence-corrected chi connectivity index (χ4v) is 4.94. The molecule has 0 radical (unpaired) electrons. The minimum atomic E-state index is -1.22. The maximum atomic E-state index is 13.2. The van der Waals surface area contributed by atoms with E-state index in [1.165, 1.54) is 6.92 Å². The molecule has 2 heterocycles. The minimum absolute atomic E-state index is 0.0242. The van der Waals surface area contributed by atoms with E-state index in [4.69, 9.17) is 25.8 Å². The van der Waals surface area contributed by atoms with Gasteiger partial charge in [0.05, 0.1) is 13.2 Å². The number of imidazole rings is 1. The molecule has 0 spiro atoms. The second-order valence-electron chi connectivity index (χ2n) is 10.3. The molecular formula is C31H34ClN7O9. The molecule has 0 aliphatic carbocycles. The first-order valence-electron chi connectivity index (χ1n) is 15.2. The van der Waals surface area contributed by atoms with Crippen molar-refractivity contribution in [2.45, 2.75) is 65.7 Å². The van der Waals surface area contributed by atoms with Gasteiger partial charge in [-0.1, -0.05) is 78.3 Å². The van der Waals surface area contributed by atoms with Gasteiger partial charge in [-0.2, -0.15) is 0 Å². The highest BCUT2D eigenvalue weighted by Crippen LogP contribution is 2.30. The van der Waals surface area contributed by atoms with Gasteiger partial charge in [-0.25, -0.2) is 14.6 Å². The molecule has 0 bridgehead atoms. The van der Waals surface area contributed by atoms with Crippen LogP contribution in [0.1, 0.15) is 73.1 Å². The summed E-state index contributed by atoms with van der Waals surface area (Å²) in [6, 6.07) is 14.9. The van der Waals surface area contributed by atoms with Crippen molar-refractivity contribution in [1.82, 2.24) is 29.8 Å². The molecule has 0 amide bonds. The number of aryl methyl sites for hydroxylation is 1. The summed E-state index contributed by atoms with van der Waals surface area (Å²) in [7, 11) is 0. The first kappa shape index (κ1) is 35.5. The van der Waals surface area contributed by atoms with Crippen LogP contribution in [-0.4, -0.2) is 72.4 Å². The van der Waals surface area contributed by atoms with Gasteiger partial charge in [0.1, 0.15) is 5.82 Å². The zero-order valence-corrected chi connectivity index (χ0v) is 27.3. The number of ether oxygens (including phenoxy) is 3. The van der Waals surface area contributed by atoms with Crippen LogP contribution in [0.2, 0.25) is 5.15 Å². The van der Waals surface area contributed by atoms with E-state index in [1.807, 2.05) is 49.4 Å². The van der Waals surface area contributed by atoms with Crippen LogP contribution in [-0.2, 0) is 32.0 Å². The lowest BCUT2D eigenvalue weighted by atomic mass is 9.98. The van der Waals surface area contributed by atoms with Crippen molar-refractivity contribution in [3.8, 4) is 22.5 Å². The summed E-state index contributed by atoms with van der Waals surface area (Å²) in [5.41, 5.74) is 3.11. The highest BCUT2D eigenvalue weighted by atomic mass is 35.5. The Morgan fingerprint density at radius 3 is 2.44 bits per heavy atom. The van der Waals surface area contributed by atoms with Crippen LogP contribution >= 0.6 is 11.6 Å². The highest BCUT2D eigenvalue weighted by Gasteiger charge is 2.26. The summed E-state index contributed by atoms with van der Waals surface area (Å²) < 4.78 is 16.7. The van der Waals surface area contributed by atoms with Gasteiger partial charge in [-0.3, -0.25) is 4.79 Å². The number of benzene rings is 2. The Bertz CT molecular complexity index is 1740. The Morgan fingerprint density at radius 1 is 1.02 bits per heavy atom. The molecule has 1 unspecified atom stereocenters. The summed E-state index contributed by atoms with van der Waals surface area (Å²) in [6.07, 6.45) is 0.171. The summed E-state index contributed by atoms with van der Waals surface area (Å²) in [6.45, 7) is 5.20. The van der Waals surface area contributed by atoms with Crippen LogP contribution in [0.15, 0.2) is 48.5 Å². The molecule has 48 heavy (non-hydrogen) atoms. The van der Waals surface area contributed by atoms with Gasteiger partial charge in [-0.05, 0) is 41.7 Å². The quantitative estimate of drug-likeness (QED) is 0.0469. The maximum absolute atomic E-state index is 13.2. The average Bonchev–Trinajstić information content (AvgIpc) is 3.67. The van der Waals surface area contributed by atoms with Gasteiger partial charge in [-0.15, -0.1) is 20.3 Å². The standard InChI is InChI=1S/C31H34ClN7O9/c1-4-6-12-25-33-28(32)27(30(41)47-20(3)48-31(42)45-5-2)37(25)19-21-14-16-22(17-15-21)23-10-7-8-11-24(23)29-34-36-38(35-29)26(40)13-9-18-46-39(43)44/h7-8,10-11,14-17,20H,4-6,9,12-13,18-19H2,1-3H3. The number of hydrogen-bond acceptors (Lipinski definition) is 13. The van der Waals surface area contributed by atoms with Crippen LogP contribution in [0.25, 0.3) is 22.5 Å². The Hall–Kier alpha value is -5.38. The monoisotopic (exact) mass is 683 g/mol. The highest BCUT2D eigenvalue weighted by molar-refractivity contribution is 6.32. The van der Waals surface area contributed by atoms with Crippen molar-refractivity contribution >= 4 is 29.6 Å². The third-order valence-electron chi connectivity index (χ3n) is 6.89. The van der Waals surface area contributed by atoms with Crippen LogP contribution < -0.4 is 0 Å². The smallest absolute Gasteiger partial charge is 0.435 e. The lowest BCUT2D eigenvalue weighted by molar-refractivity contribution is -0.757. The van der Waals surface area contributed by atoms with Gasteiger partial charge in [0, 0.05) is 31.9 Å². The van der Waals surface area contributed by atoms with Crippen LogP contribution in [0, 0.1) is 10.1 Å². The van der Waals surface area contributed by atoms with Crippen LogP contribution in [0.3, 0.4) is 0 Å². The number of carbonyl (C=O) groups excluding carboxylic acids is 3. The summed E-state index contributed by atoms with van der Waals surface area (Å²) in [4.78, 5) is 57.1. The Labute approximate surface area is 280 Å². The van der Waals surface area contributed by atoms with E-state index in [0.29, 0.717) is 17.8 Å². The van der Waals surface area contributed by atoms with Crippen LogP contribution in [0.5, 0.6) is 0 Å². The zero-order chi connectivity index (χ0) is 34.6. The number of nitrogens with zero attached hydrogens (tertiary/aromatic N) is 7. The fourth-order valence-electron chi connectivity index (χ4n) is 4.67. The second kappa shape index (κ2) is 17.0. The van der Waals surface area contributed by atoms with Gasteiger partial charge in [0.25, 0.3) is 11.0 Å². The van der Waals surface area contributed by atoms with Gasteiger partial charge in [0.15, 0.2) is 10.8 Å². The van der Waals surface area contributed by atoms with Crippen molar-refractivity contribution in [2.24, 2.45) is 0 Å². The topological polar surface area (TPSA) is 193 Å². The predicted octanol–water partition coefficient (Wildman–Crippen LogP) is 5.55. The van der Waals surface area contributed by atoms with Crippen molar-refractivity contribution in [3.05, 3.63) is 80.9 Å². The molecule has 2 aromatic heterocycles. The number of halogens is 1. The van der Waals surface area contributed by atoms with Crippen LogP contribution in [0.4, 0.5) is 4.79 Å². The average molecular weight is 684 g/mol. The van der Waals surface area contributed by atoms with Gasteiger partial charge in [0.2, 0.25) is 12.1 Å². The zero-order valence-electron chi connectivity index (χ0n) is 26.5. The molecule has 0 saturated heterocycles. The summed E-state index contributed by atoms with van der Waals surface area (Å²) >= 11 is 6.44. The molecule has 4 rings (SSSR count). The lowest BCUT2D eigenvalue weighted by Crippen LogP contribution is -2.24. The maximum Gasteiger partial charge on any atom is 0.511 e. The van der Waals surface area contributed by atoms with E-state index < -0.39 is 29.4 Å². The molecule has 1 atom stereocenters. The number of rotatable bonds is 16. The largest absolute Gasteiger partial charge is 0.511 e. The fraction of sp³-hybridized carbons (Fsp3) is 0.387. The van der Waals surface area contributed by atoms with E-state index in [0.717, 1.165) is 34.3 Å². The first-order valence-corrected chi connectivity index (χ1v) is 15.6. The van der Waals surface area contributed by atoms with Crippen molar-refractivity contribution in [2.75, 3.05) is 13.2 Å². The van der Waals surface area contributed by atoms with E-state index >= 15 is 0 Å². The molecule has 4 aromatic rings. The molecule has 0 N–H and O–H groups in total. The van der Waals surface area contributed by atoms with E-state index in [9.17, 15) is 24.5 Å². The summed E-state index contributed by atoms with van der Waals surface area (Å²) in [5.74, 6) is -0.454. The molecule has 0 saturated carbocycles. The molecule has 0 aliphatic rings. The Morgan fingerprint density at radius 2 is 1.75 bits per heavy atom. The number of esters is 1. The molecule has 0 aliphatic heterocycles. The van der Waals surface area contributed by atoms with Crippen molar-refractivity contribution in [1.29, 1.82) is 0 Å². The molecule has 2 aromatic carbocycles. The normalized spacial score (nSPS) is 11.5. The number of unbranched alkanes of at least 4 members (excludes halogenated alkanes) is 1. The predicted molar refractivity (Wildman–Crippen MR) is 169 cm³/mol. The third-order valence-corrected chi connectivity index (χ3v) is 7.15. The van der Waals surface area contributed by atoms with Crippen molar-refractivity contribution in [3.63, 3.8) is 0 Å². The third kappa shape index (κ3) is 9.34. The van der Waals surface area contributed by atoms with E-state index in [-0.39, 0.29) is 49.3 Å². The Balaban J connectivity index is 1.53. The van der Waals surface area contributed by atoms with Crippen molar-refractivity contribution < 1.29 is 38.5 Å². The minimum Gasteiger partial charge on any atom is -0.435 e. The first-order chi connectivity index (χ1) is 23.1. The number of hydrogen-bond donors (Lipinski definition) is 0. The molecular weight excluding hydrogens is 650 g/mol. The van der Waals surface area contributed by atoms with E-state index in [1.54, 1.807) is 17.6 Å². The molecule has 0 fully saturated rings. The molecule has 16 nitrogen and oxygen atoms in total. The van der Waals surface area contributed by atoms with Gasteiger partial charge >= 0.3 is 12.1 Å². The SMILES string of the molecule is CCCCc1nc(Cl)c(C(=O)OC(C)OC(=O)OCC)n1Cc1ccc(-c2ccccc2-c2nnn(C(=O)CCCO[N+](=O)[O-])n2)cc1. The lowest BCUT2D eigenvalue weighted by Gasteiger charge is -2.16. The van der Waals surface area contributed by atoms with Gasteiger partial charge < -0.3 is 23.6 Å². The Kier molecular flexibility index (Phi) is 12.5. The molecule has 254 valence electrons. The number of carbonyl (C=O) groups is 3. The number of aromatic nitrogens is 6. The van der Waals surface area contributed by atoms with E-state index in [2.05, 4.69) is 25.2 Å². The number of tetrazole rings is 1. The second-order valence-corrected chi connectivity index (χ2v) is 10.7. The molecule has 17 heteroatoms. The summed E-state index contributed by atoms with van der Waals surface area (Å²) in [5, 5.41) is 21.5.